The van der Waals surface area contributed by atoms with Crippen molar-refractivity contribution in [2.75, 3.05) is 0 Å². The lowest BCUT2D eigenvalue weighted by molar-refractivity contribution is -0.145. The summed E-state index contributed by atoms with van der Waals surface area (Å²) in [5.41, 5.74) is 1.83. The molecule has 2 aromatic rings. The highest BCUT2D eigenvalue weighted by molar-refractivity contribution is 6.30. The number of nitrogens with one attached hydrogen (secondary N) is 1. The predicted molar refractivity (Wildman–Crippen MR) is 109 cm³/mol. The minimum absolute atomic E-state index is 0.0458. The van der Waals surface area contributed by atoms with Gasteiger partial charge in [-0.25, -0.2) is 0 Å². The molecule has 4 rings (SSSR count). The number of carbonyl (C=O) groups excluding carboxylic acids is 2. The molecule has 1 saturated carbocycles. The Hall–Kier alpha value is -2.27. The topological polar surface area (TPSA) is 54.3 Å². The molecule has 0 spiro atoms. The summed E-state index contributed by atoms with van der Waals surface area (Å²) in [6.45, 7) is 2.85. The van der Waals surface area contributed by atoms with E-state index in [1.54, 1.807) is 4.90 Å². The standard InChI is InChI=1S/C22H26ClN3O2/c1-15-5-2-3-6-18(15)24-22(28)21-19-7-4-12-25(19)14-20(27)26(21)13-16-8-10-17(23)11-9-16/h4,7-12,15,18,21H,2-3,5-6,13-14H2,1H3,(H,24,28). The highest BCUT2D eigenvalue weighted by Gasteiger charge is 2.38. The Balaban J connectivity index is 1.60. The van der Waals surface area contributed by atoms with Gasteiger partial charge in [0.05, 0.1) is 5.69 Å². The number of benzene rings is 1. The van der Waals surface area contributed by atoms with Crippen molar-refractivity contribution in [3.05, 3.63) is 58.9 Å². The summed E-state index contributed by atoms with van der Waals surface area (Å²) >= 11 is 5.99. The highest BCUT2D eigenvalue weighted by atomic mass is 35.5. The first-order valence-corrected chi connectivity index (χ1v) is 10.4. The van der Waals surface area contributed by atoms with Gasteiger partial charge in [-0.05, 0) is 48.6 Å². The molecule has 3 atom stereocenters. The van der Waals surface area contributed by atoms with Crippen molar-refractivity contribution < 1.29 is 9.59 Å². The molecule has 1 aromatic carbocycles. The Morgan fingerprint density at radius 3 is 2.68 bits per heavy atom. The van der Waals surface area contributed by atoms with Crippen LogP contribution in [0.25, 0.3) is 0 Å². The Kier molecular flexibility index (Phi) is 5.44. The van der Waals surface area contributed by atoms with Crippen LogP contribution in [0.4, 0.5) is 0 Å². The summed E-state index contributed by atoms with van der Waals surface area (Å²) < 4.78 is 1.88. The monoisotopic (exact) mass is 399 g/mol. The van der Waals surface area contributed by atoms with E-state index < -0.39 is 6.04 Å². The molecule has 0 bridgehead atoms. The van der Waals surface area contributed by atoms with Crippen LogP contribution < -0.4 is 5.32 Å². The van der Waals surface area contributed by atoms with E-state index in [0.29, 0.717) is 17.5 Å². The molecule has 5 nitrogen and oxygen atoms in total. The van der Waals surface area contributed by atoms with Crippen LogP contribution in [-0.2, 0) is 22.7 Å². The maximum atomic E-state index is 13.3. The van der Waals surface area contributed by atoms with E-state index in [-0.39, 0.29) is 24.4 Å². The first kappa shape index (κ1) is 19.1. The normalized spacial score (nSPS) is 24.7. The molecule has 0 radical (unpaired) electrons. The molecule has 1 aliphatic heterocycles. The molecule has 28 heavy (non-hydrogen) atoms. The lowest BCUT2D eigenvalue weighted by Gasteiger charge is -2.38. The van der Waals surface area contributed by atoms with Crippen LogP contribution in [0.5, 0.6) is 0 Å². The zero-order valence-electron chi connectivity index (χ0n) is 16.1. The molecule has 2 aliphatic rings. The second-order valence-electron chi connectivity index (χ2n) is 7.99. The van der Waals surface area contributed by atoms with Gasteiger partial charge in [0.1, 0.15) is 6.54 Å². The Morgan fingerprint density at radius 2 is 1.93 bits per heavy atom. The largest absolute Gasteiger partial charge is 0.351 e. The third-order valence-corrected chi connectivity index (χ3v) is 6.29. The van der Waals surface area contributed by atoms with Crippen LogP contribution in [0.3, 0.4) is 0 Å². The number of halogens is 1. The van der Waals surface area contributed by atoms with E-state index in [1.165, 1.54) is 6.42 Å². The molecule has 1 aliphatic carbocycles. The molecule has 6 heteroatoms. The van der Waals surface area contributed by atoms with Gasteiger partial charge in [-0.2, -0.15) is 0 Å². The van der Waals surface area contributed by atoms with Crippen LogP contribution in [0.15, 0.2) is 42.6 Å². The highest BCUT2D eigenvalue weighted by Crippen LogP contribution is 2.30. The van der Waals surface area contributed by atoms with E-state index in [2.05, 4.69) is 12.2 Å². The summed E-state index contributed by atoms with van der Waals surface area (Å²) in [7, 11) is 0. The van der Waals surface area contributed by atoms with Crippen molar-refractivity contribution in [1.82, 2.24) is 14.8 Å². The lowest BCUT2D eigenvalue weighted by Crippen LogP contribution is -2.51. The fraction of sp³-hybridized carbons (Fsp3) is 0.455. The molecule has 2 amide bonds. The third kappa shape index (κ3) is 3.81. The minimum atomic E-state index is -0.610. The van der Waals surface area contributed by atoms with Gasteiger partial charge in [-0.1, -0.05) is 43.5 Å². The van der Waals surface area contributed by atoms with E-state index in [1.807, 2.05) is 47.2 Å². The summed E-state index contributed by atoms with van der Waals surface area (Å²) in [5.74, 6) is 0.338. The van der Waals surface area contributed by atoms with Gasteiger partial charge in [-0.15, -0.1) is 0 Å². The second-order valence-corrected chi connectivity index (χ2v) is 8.42. The summed E-state index contributed by atoms with van der Waals surface area (Å²) in [4.78, 5) is 27.9. The average Bonchev–Trinajstić information content (AvgIpc) is 3.13. The first-order chi connectivity index (χ1) is 13.5. The first-order valence-electron chi connectivity index (χ1n) is 10.0. The summed E-state index contributed by atoms with van der Waals surface area (Å²) in [6.07, 6.45) is 6.38. The van der Waals surface area contributed by atoms with Crippen molar-refractivity contribution in [2.24, 2.45) is 5.92 Å². The van der Waals surface area contributed by atoms with Crippen LogP contribution in [0.2, 0.25) is 5.02 Å². The van der Waals surface area contributed by atoms with Crippen LogP contribution in [0, 0.1) is 5.92 Å². The van der Waals surface area contributed by atoms with Crippen molar-refractivity contribution >= 4 is 23.4 Å². The molecule has 1 aromatic heterocycles. The van der Waals surface area contributed by atoms with Gasteiger partial charge in [0.2, 0.25) is 11.8 Å². The molecule has 1 fully saturated rings. The SMILES string of the molecule is CC1CCCCC1NC(=O)C1c2cccn2CC(=O)N1Cc1ccc(Cl)cc1. The Labute approximate surface area is 170 Å². The zero-order chi connectivity index (χ0) is 19.7. The molecule has 3 unspecified atom stereocenters. The smallest absolute Gasteiger partial charge is 0.249 e. The number of fused-ring (bicyclic) bond motifs is 1. The van der Waals surface area contributed by atoms with Crippen LogP contribution in [0.1, 0.15) is 49.9 Å². The van der Waals surface area contributed by atoms with Crippen LogP contribution in [-0.4, -0.2) is 27.3 Å². The maximum absolute atomic E-state index is 13.3. The van der Waals surface area contributed by atoms with Crippen molar-refractivity contribution in [3.8, 4) is 0 Å². The number of carbonyl (C=O) groups is 2. The fourth-order valence-electron chi connectivity index (χ4n) is 4.39. The summed E-state index contributed by atoms with van der Waals surface area (Å²) in [5, 5.41) is 3.90. The van der Waals surface area contributed by atoms with E-state index in [0.717, 1.165) is 30.5 Å². The molecule has 2 heterocycles. The zero-order valence-corrected chi connectivity index (χ0v) is 16.9. The van der Waals surface area contributed by atoms with Gasteiger partial charge in [-0.3, -0.25) is 9.59 Å². The maximum Gasteiger partial charge on any atom is 0.249 e. The van der Waals surface area contributed by atoms with Crippen molar-refractivity contribution in [1.29, 1.82) is 0 Å². The summed E-state index contributed by atoms with van der Waals surface area (Å²) in [6, 6.07) is 10.8. The van der Waals surface area contributed by atoms with Gasteiger partial charge in [0.25, 0.3) is 0 Å². The van der Waals surface area contributed by atoms with E-state index in [4.69, 9.17) is 11.6 Å². The van der Waals surface area contributed by atoms with Gasteiger partial charge in [0, 0.05) is 23.8 Å². The molecular formula is C22H26ClN3O2. The van der Waals surface area contributed by atoms with E-state index >= 15 is 0 Å². The molecule has 1 N–H and O–H groups in total. The Morgan fingerprint density at radius 1 is 1.18 bits per heavy atom. The minimum Gasteiger partial charge on any atom is -0.351 e. The molecule has 0 saturated heterocycles. The van der Waals surface area contributed by atoms with E-state index in [9.17, 15) is 9.59 Å². The molecule has 148 valence electrons. The number of aromatic nitrogens is 1. The third-order valence-electron chi connectivity index (χ3n) is 6.04. The number of hydrogen-bond acceptors (Lipinski definition) is 2. The predicted octanol–water partition coefficient (Wildman–Crippen LogP) is 3.92. The number of nitrogens with zero attached hydrogens (tertiary/aromatic N) is 2. The Bertz CT molecular complexity index is 861. The lowest BCUT2D eigenvalue weighted by atomic mass is 9.85. The van der Waals surface area contributed by atoms with Crippen molar-refractivity contribution in [3.63, 3.8) is 0 Å². The fourth-order valence-corrected chi connectivity index (χ4v) is 4.52. The number of hydrogen-bond donors (Lipinski definition) is 1. The second kappa shape index (κ2) is 8.00. The number of amides is 2. The number of rotatable bonds is 4. The average molecular weight is 400 g/mol. The van der Waals surface area contributed by atoms with Crippen molar-refractivity contribution in [2.45, 2.75) is 57.8 Å². The van der Waals surface area contributed by atoms with Gasteiger partial charge in [0.15, 0.2) is 6.04 Å². The van der Waals surface area contributed by atoms with Gasteiger partial charge >= 0.3 is 0 Å². The quantitative estimate of drug-likeness (QED) is 0.847. The van der Waals surface area contributed by atoms with Gasteiger partial charge < -0.3 is 14.8 Å². The molecular weight excluding hydrogens is 374 g/mol. The van der Waals surface area contributed by atoms with Crippen LogP contribution >= 0.6 is 11.6 Å².